The second kappa shape index (κ2) is 3.44. The van der Waals surface area contributed by atoms with Gasteiger partial charge in [0.05, 0.1) is 12.0 Å². The third kappa shape index (κ3) is 1.78. The molecule has 0 bridgehead atoms. The van der Waals surface area contributed by atoms with E-state index in [9.17, 15) is 4.79 Å². The lowest BCUT2D eigenvalue weighted by Crippen LogP contribution is -2.35. The van der Waals surface area contributed by atoms with Crippen LogP contribution in [0.3, 0.4) is 0 Å². The van der Waals surface area contributed by atoms with Crippen LogP contribution in [0.1, 0.15) is 26.7 Å². The second-order valence-electron chi connectivity index (χ2n) is 3.63. The molecule has 1 N–H and O–H groups in total. The highest BCUT2D eigenvalue weighted by atomic mass is 16.5. The Labute approximate surface area is 72.7 Å². The van der Waals surface area contributed by atoms with Gasteiger partial charge in [0.1, 0.15) is 0 Å². The Kier molecular flexibility index (Phi) is 2.73. The van der Waals surface area contributed by atoms with Crippen molar-refractivity contribution in [2.75, 3.05) is 13.2 Å². The van der Waals surface area contributed by atoms with Gasteiger partial charge in [0.25, 0.3) is 0 Å². The largest absolute Gasteiger partial charge is 0.481 e. The molecule has 0 heterocycles. The topological polar surface area (TPSA) is 46.5 Å². The number of aliphatic carboxylic acids is 1. The molecule has 1 unspecified atom stereocenters. The summed E-state index contributed by atoms with van der Waals surface area (Å²) in [4.78, 5) is 10.9. The highest BCUT2D eigenvalue weighted by Crippen LogP contribution is 2.45. The van der Waals surface area contributed by atoms with Gasteiger partial charge in [0, 0.05) is 6.61 Å². The molecule has 0 aromatic carbocycles. The number of carboxylic acid groups (broad SMARTS) is 1. The van der Waals surface area contributed by atoms with E-state index in [-0.39, 0.29) is 0 Å². The van der Waals surface area contributed by atoms with E-state index in [0.29, 0.717) is 19.1 Å². The Bertz CT molecular complexity index is 175. The van der Waals surface area contributed by atoms with Crippen LogP contribution in [0.25, 0.3) is 0 Å². The average Bonchev–Trinajstić information content (AvgIpc) is 2.82. The summed E-state index contributed by atoms with van der Waals surface area (Å²) in [7, 11) is 0. The lowest BCUT2D eigenvalue weighted by Gasteiger charge is -2.23. The van der Waals surface area contributed by atoms with Crippen molar-refractivity contribution in [2.45, 2.75) is 26.7 Å². The zero-order valence-corrected chi connectivity index (χ0v) is 7.67. The fraction of sp³-hybridized carbons (Fsp3) is 0.889. The molecule has 1 saturated carbocycles. The highest BCUT2D eigenvalue weighted by Gasteiger charge is 2.47. The van der Waals surface area contributed by atoms with Crippen molar-refractivity contribution in [3.8, 4) is 0 Å². The van der Waals surface area contributed by atoms with E-state index < -0.39 is 11.4 Å². The smallest absolute Gasteiger partial charge is 0.311 e. The fourth-order valence-electron chi connectivity index (χ4n) is 1.39. The van der Waals surface area contributed by atoms with Crippen molar-refractivity contribution >= 4 is 5.97 Å². The summed E-state index contributed by atoms with van der Waals surface area (Å²) < 4.78 is 5.18. The molecule has 0 radical (unpaired) electrons. The van der Waals surface area contributed by atoms with Crippen LogP contribution in [0, 0.1) is 11.3 Å². The van der Waals surface area contributed by atoms with Crippen molar-refractivity contribution in [2.24, 2.45) is 11.3 Å². The first-order chi connectivity index (χ1) is 5.61. The van der Waals surface area contributed by atoms with Gasteiger partial charge in [-0.15, -0.1) is 0 Å². The molecular formula is C9H16O3. The van der Waals surface area contributed by atoms with Crippen LogP contribution in [0.4, 0.5) is 0 Å². The molecule has 0 spiro atoms. The van der Waals surface area contributed by atoms with E-state index in [1.165, 1.54) is 0 Å². The van der Waals surface area contributed by atoms with E-state index in [2.05, 4.69) is 0 Å². The number of hydrogen-bond acceptors (Lipinski definition) is 2. The second-order valence-corrected chi connectivity index (χ2v) is 3.63. The summed E-state index contributed by atoms with van der Waals surface area (Å²) in [5, 5.41) is 8.99. The van der Waals surface area contributed by atoms with Crippen LogP contribution in [0.2, 0.25) is 0 Å². The molecule has 1 aliphatic rings. The van der Waals surface area contributed by atoms with E-state index in [1.807, 2.05) is 6.92 Å². The molecule has 0 aliphatic heterocycles. The number of rotatable bonds is 5. The molecule has 1 fully saturated rings. The number of hydrogen-bond donors (Lipinski definition) is 1. The van der Waals surface area contributed by atoms with Gasteiger partial charge >= 0.3 is 5.97 Å². The molecular weight excluding hydrogens is 156 g/mol. The minimum atomic E-state index is -0.724. The predicted molar refractivity (Wildman–Crippen MR) is 45.0 cm³/mol. The first-order valence-corrected chi connectivity index (χ1v) is 4.42. The summed E-state index contributed by atoms with van der Waals surface area (Å²) >= 11 is 0. The van der Waals surface area contributed by atoms with Gasteiger partial charge in [-0.1, -0.05) is 0 Å². The zero-order valence-electron chi connectivity index (χ0n) is 7.67. The first kappa shape index (κ1) is 9.52. The summed E-state index contributed by atoms with van der Waals surface area (Å²) in [6, 6.07) is 0. The van der Waals surface area contributed by atoms with Crippen LogP contribution in [-0.4, -0.2) is 24.3 Å². The van der Waals surface area contributed by atoms with Crippen molar-refractivity contribution in [3.05, 3.63) is 0 Å². The Hall–Kier alpha value is -0.570. The Morgan fingerprint density at radius 3 is 2.58 bits per heavy atom. The van der Waals surface area contributed by atoms with Gasteiger partial charge in [-0.05, 0) is 32.6 Å². The van der Waals surface area contributed by atoms with Gasteiger partial charge in [-0.25, -0.2) is 0 Å². The maximum absolute atomic E-state index is 10.9. The summed E-state index contributed by atoms with van der Waals surface area (Å²) in [6.07, 6.45) is 2.08. The average molecular weight is 172 g/mol. The van der Waals surface area contributed by atoms with Crippen LogP contribution in [-0.2, 0) is 9.53 Å². The van der Waals surface area contributed by atoms with Gasteiger partial charge in [0.2, 0.25) is 0 Å². The number of ether oxygens (including phenoxy) is 1. The first-order valence-electron chi connectivity index (χ1n) is 4.42. The molecule has 1 atom stereocenters. The summed E-state index contributed by atoms with van der Waals surface area (Å²) in [6.45, 7) is 4.61. The zero-order chi connectivity index (χ0) is 9.19. The molecule has 12 heavy (non-hydrogen) atoms. The minimum absolute atomic E-state index is 0.335. The van der Waals surface area contributed by atoms with Gasteiger partial charge in [0.15, 0.2) is 0 Å². The Balaban J connectivity index is 2.52. The Morgan fingerprint density at radius 1 is 1.67 bits per heavy atom. The monoisotopic (exact) mass is 172 g/mol. The lowest BCUT2D eigenvalue weighted by atomic mass is 9.86. The van der Waals surface area contributed by atoms with Gasteiger partial charge in [-0.3, -0.25) is 4.79 Å². The van der Waals surface area contributed by atoms with Crippen molar-refractivity contribution in [1.82, 2.24) is 0 Å². The maximum atomic E-state index is 10.9. The molecule has 70 valence electrons. The molecule has 0 saturated heterocycles. The van der Waals surface area contributed by atoms with Crippen molar-refractivity contribution in [1.29, 1.82) is 0 Å². The molecule has 0 amide bonds. The predicted octanol–water partition coefficient (Wildman–Crippen LogP) is 1.52. The molecule has 0 aromatic heterocycles. The number of carbonyl (C=O) groups is 1. The summed E-state index contributed by atoms with van der Waals surface area (Å²) in [5.41, 5.74) is -0.643. The molecule has 1 aliphatic carbocycles. The van der Waals surface area contributed by atoms with E-state index in [4.69, 9.17) is 9.84 Å². The maximum Gasteiger partial charge on any atom is 0.311 e. The van der Waals surface area contributed by atoms with Gasteiger partial charge in [-0.2, -0.15) is 0 Å². The fourth-order valence-corrected chi connectivity index (χ4v) is 1.39. The standard InChI is InChI=1S/C9H16O3/c1-3-12-6-9(2,8(10)11)7-4-5-7/h7H,3-6H2,1-2H3,(H,10,11). The normalized spacial score (nSPS) is 21.8. The molecule has 3 nitrogen and oxygen atoms in total. The lowest BCUT2D eigenvalue weighted by molar-refractivity contribution is -0.153. The van der Waals surface area contributed by atoms with E-state index in [1.54, 1.807) is 6.92 Å². The van der Waals surface area contributed by atoms with Crippen molar-refractivity contribution in [3.63, 3.8) is 0 Å². The highest BCUT2D eigenvalue weighted by molar-refractivity contribution is 5.75. The third-order valence-corrected chi connectivity index (χ3v) is 2.57. The third-order valence-electron chi connectivity index (χ3n) is 2.57. The molecule has 0 aromatic rings. The Morgan fingerprint density at radius 2 is 2.25 bits per heavy atom. The molecule has 1 rings (SSSR count). The van der Waals surface area contributed by atoms with Crippen molar-refractivity contribution < 1.29 is 14.6 Å². The quantitative estimate of drug-likeness (QED) is 0.684. The van der Waals surface area contributed by atoms with Gasteiger partial charge < -0.3 is 9.84 Å². The van der Waals surface area contributed by atoms with Crippen LogP contribution in [0.15, 0.2) is 0 Å². The van der Waals surface area contributed by atoms with E-state index >= 15 is 0 Å². The summed E-state index contributed by atoms with van der Waals surface area (Å²) in [5.74, 6) is -0.389. The molecule has 3 heteroatoms. The number of carboxylic acids is 1. The van der Waals surface area contributed by atoms with Crippen LogP contribution >= 0.6 is 0 Å². The van der Waals surface area contributed by atoms with Crippen LogP contribution in [0.5, 0.6) is 0 Å². The van der Waals surface area contributed by atoms with Crippen LogP contribution < -0.4 is 0 Å². The minimum Gasteiger partial charge on any atom is -0.481 e. The van der Waals surface area contributed by atoms with E-state index in [0.717, 1.165) is 12.8 Å². The SMILES string of the molecule is CCOCC(C)(C(=O)O)C1CC1.